The Kier molecular flexibility index (Phi) is 6.37. The van der Waals surface area contributed by atoms with E-state index in [9.17, 15) is 0 Å². The fourth-order valence-corrected chi connectivity index (χ4v) is 2.77. The van der Waals surface area contributed by atoms with Gasteiger partial charge < -0.3 is 10.1 Å². The van der Waals surface area contributed by atoms with E-state index in [1.54, 1.807) is 6.07 Å². The Balaban J connectivity index is 2.04. The average molecular weight is 389 g/mol. The van der Waals surface area contributed by atoms with E-state index in [0.717, 1.165) is 28.9 Å². The van der Waals surface area contributed by atoms with Gasteiger partial charge in [0.05, 0.1) is 14.5 Å². The molecule has 1 N–H and O–H groups in total. The van der Waals surface area contributed by atoms with Crippen LogP contribution in [-0.2, 0) is 13.2 Å². The summed E-state index contributed by atoms with van der Waals surface area (Å²) >= 11 is 15.7. The van der Waals surface area contributed by atoms with Crippen molar-refractivity contribution >= 4 is 39.1 Å². The van der Waals surface area contributed by atoms with Crippen LogP contribution in [0.1, 0.15) is 18.1 Å². The molecule has 0 aliphatic heterocycles. The van der Waals surface area contributed by atoms with E-state index in [2.05, 4.69) is 34.2 Å². The Morgan fingerprint density at radius 1 is 1.19 bits per heavy atom. The van der Waals surface area contributed by atoms with E-state index >= 15 is 0 Å². The summed E-state index contributed by atoms with van der Waals surface area (Å²) in [5.74, 6) is 0.784. The maximum atomic E-state index is 6.15. The molecule has 0 aliphatic rings. The minimum absolute atomic E-state index is 0.380. The topological polar surface area (TPSA) is 21.3 Å². The third kappa shape index (κ3) is 4.62. The number of rotatable bonds is 6. The Morgan fingerprint density at radius 3 is 2.71 bits per heavy atom. The Bertz CT molecular complexity index is 619. The molecule has 2 nitrogen and oxygen atoms in total. The van der Waals surface area contributed by atoms with Gasteiger partial charge in [0.2, 0.25) is 0 Å². The smallest absolute Gasteiger partial charge is 0.134 e. The van der Waals surface area contributed by atoms with Crippen molar-refractivity contribution in [1.29, 1.82) is 0 Å². The van der Waals surface area contributed by atoms with Crippen LogP contribution in [-0.4, -0.2) is 6.54 Å². The number of benzene rings is 2. The van der Waals surface area contributed by atoms with Crippen molar-refractivity contribution in [3.8, 4) is 5.75 Å². The Morgan fingerprint density at radius 2 is 2.00 bits per heavy atom. The molecule has 0 heterocycles. The third-order valence-corrected chi connectivity index (χ3v) is 4.47. The maximum Gasteiger partial charge on any atom is 0.134 e. The van der Waals surface area contributed by atoms with Gasteiger partial charge in [-0.2, -0.15) is 0 Å². The van der Waals surface area contributed by atoms with Gasteiger partial charge >= 0.3 is 0 Å². The molecule has 0 atom stereocenters. The molecule has 0 saturated carbocycles. The van der Waals surface area contributed by atoms with Crippen LogP contribution in [0.15, 0.2) is 40.9 Å². The molecular weight excluding hydrogens is 373 g/mol. The van der Waals surface area contributed by atoms with Gasteiger partial charge in [0, 0.05) is 12.1 Å². The molecule has 2 rings (SSSR count). The van der Waals surface area contributed by atoms with E-state index in [4.69, 9.17) is 27.9 Å². The minimum Gasteiger partial charge on any atom is -0.488 e. The normalized spacial score (nSPS) is 10.7. The minimum atomic E-state index is 0.380. The van der Waals surface area contributed by atoms with Gasteiger partial charge in [-0.05, 0) is 46.2 Å². The molecule has 112 valence electrons. The average Bonchev–Trinajstić information content (AvgIpc) is 2.48. The molecule has 0 aliphatic carbocycles. The first-order chi connectivity index (χ1) is 10.1. The molecule has 0 saturated heterocycles. The van der Waals surface area contributed by atoms with Crippen LogP contribution in [0.3, 0.4) is 0 Å². The lowest BCUT2D eigenvalue weighted by Crippen LogP contribution is -2.11. The lowest BCUT2D eigenvalue weighted by Gasteiger charge is -2.11. The molecule has 2 aromatic rings. The largest absolute Gasteiger partial charge is 0.488 e. The molecule has 21 heavy (non-hydrogen) atoms. The first kappa shape index (κ1) is 16.6. The molecular formula is C16H16BrCl2NO. The summed E-state index contributed by atoms with van der Waals surface area (Å²) in [5, 5.41) is 4.37. The highest BCUT2D eigenvalue weighted by Crippen LogP contribution is 2.29. The van der Waals surface area contributed by atoms with E-state index in [-0.39, 0.29) is 0 Å². The summed E-state index contributed by atoms with van der Waals surface area (Å²) < 4.78 is 6.73. The molecule has 0 bridgehead atoms. The molecule has 2 aromatic carbocycles. The van der Waals surface area contributed by atoms with Gasteiger partial charge in [0.1, 0.15) is 12.4 Å². The first-order valence-electron chi connectivity index (χ1n) is 6.66. The zero-order valence-corrected chi connectivity index (χ0v) is 14.7. The molecule has 0 spiro atoms. The zero-order valence-electron chi connectivity index (χ0n) is 11.6. The van der Waals surface area contributed by atoms with Crippen LogP contribution in [0.5, 0.6) is 5.75 Å². The Labute approximate surface area is 143 Å². The van der Waals surface area contributed by atoms with Crippen LogP contribution >= 0.6 is 39.1 Å². The predicted octanol–water partition coefficient (Wildman–Crippen LogP) is 5.44. The number of ether oxygens (including phenoxy) is 1. The van der Waals surface area contributed by atoms with Gasteiger partial charge in [-0.3, -0.25) is 0 Å². The number of hydrogen-bond acceptors (Lipinski definition) is 2. The van der Waals surface area contributed by atoms with Crippen molar-refractivity contribution in [2.45, 2.75) is 20.1 Å². The van der Waals surface area contributed by atoms with Crippen molar-refractivity contribution in [2.75, 3.05) is 6.54 Å². The second-order valence-corrected chi connectivity index (χ2v) is 6.19. The Hall–Kier alpha value is -0.740. The quantitative estimate of drug-likeness (QED) is 0.710. The van der Waals surface area contributed by atoms with Gasteiger partial charge in [0.15, 0.2) is 0 Å². The van der Waals surface area contributed by atoms with Crippen molar-refractivity contribution in [1.82, 2.24) is 5.32 Å². The molecule has 0 unspecified atom stereocenters. The highest BCUT2D eigenvalue weighted by molar-refractivity contribution is 9.10. The van der Waals surface area contributed by atoms with Crippen LogP contribution < -0.4 is 10.1 Å². The second kappa shape index (κ2) is 8.04. The van der Waals surface area contributed by atoms with Gasteiger partial charge in [-0.25, -0.2) is 0 Å². The van der Waals surface area contributed by atoms with Crippen molar-refractivity contribution in [3.63, 3.8) is 0 Å². The lowest BCUT2D eigenvalue weighted by atomic mass is 10.2. The van der Waals surface area contributed by atoms with E-state index in [1.165, 1.54) is 5.56 Å². The van der Waals surface area contributed by atoms with E-state index in [1.807, 2.05) is 24.3 Å². The highest BCUT2D eigenvalue weighted by atomic mass is 79.9. The highest BCUT2D eigenvalue weighted by Gasteiger charge is 2.07. The van der Waals surface area contributed by atoms with Crippen LogP contribution in [0, 0.1) is 0 Å². The summed E-state index contributed by atoms with van der Waals surface area (Å²) in [6.07, 6.45) is 0. The summed E-state index contributed by atoms with van der Waals surface area (Å²) in [5.41, 5.74) is 2.07. The molecule has 5 heteroatoms. The van der Waals surface area contributed by atoms with Crippen molar-refractivity contribution in [2.24, 2.45) is 0 Å². The number of nitrogens with one attached hydrogen (secondary N) is 1. The van der Waals surface area contributed by atoms with E-state index < -0.39 is 0 Å². The fourth-order valence-electron chi connectivity index (χ4n) is 1.86. The van der Waals surface area contributed by atoms with Gasteiger partial charge in [0.25, 0.3) is 0 Å². The number of halogens is 3. The van der Waals surface area contributed by atoms with Crippen LogP contribution in [0.2, 0.25) is 10.0 Å². The van der Waals surface area contributed by atoms with Crippen LogP contribution in [0.4, 0.5) is 0 Å². The molecule has 0 radical (unpaired) electrons. The van der Waals surface area contributed by atoms with Crippen molar-refractivity contribution < 1.29 is 4.74 Å². The number of hydrogen-bond donors (Lipinski definition) is 1. The second-order valence-electron chi connectivity index (χ2n) is 4.55. The zero-order chi connectivity index (χ0) is 15.2. The van der Waals surface area contributed by atoms with Crippen LogP contribution in [0.25, 0.3) is 0 Å². The molecule has 0 amide bonds. The lowest BCUT2D eigenvalue weighted by molar-refractivity contribution is 0.304. The summed E-state index contributed by atoms with van der Waals surface area (Å²) in [6.45, 7) is 4.25. The summed E-state index contributed by atoms with van der Waals surface area (Å²) in [4.78, 5) is 0. The summed E-state index contributed by atoms with van der Waals surface area (Å²) in [6, 6.07) is 11.6. The fraction of sp³-hybridized carbons (Fsp3) is 0.250. The monoisotopic (exact) mass is 387 g/mol. The SMILES string of the molecule is CCNCc1ccc(OCc2cccc(Cl)c2Cl)c(Br)c1. The van der Waals surface area contributed by atoms with Crippen molar-refractivity contribution in [3.05, 3.63) is 62.0 Å². The van der Waals surface area contributed by atoms with Gasteiger partial charge in [-0.1, -0.05) is 48.3 Å². The summed E-state index contributed by atoms with van der Waals surface area (Å²) in [7, 11) is 0. The standard InChI is InChI=1S/C16H16BrCl2NO/c1-2-20-9-11-6-7-15(13(17)8-11)21-10-12-4-3-5-14(18)16(12)19/h3-8,20H,2,9-10H2,1H3. The molecule has 0 aromatic heterocycles. The molecule has 0 fully saturated rings. The third-order valence-electron chi connectivity index (χ3n) is 2.99. The predicted molar refractivity (Wildman–Crippen MR) is 92.3 cm³/mol. The first-order valence-corrected chi connectivity index (χ1v) is 8.21. The van der Waals surface area contributed by atoms with E-state index in [0.29, 0.717) is 16.7 Å². The maximum absolute atomic E-state index is 6.15. The van der Waals surface area contributed by atoms with Gasteiger partial charge in [-0.15, -0.1) is 0 Å².